The Morgan fingerprint density at radius 3 is 2.41 bits per heavy atom. The minimum absolute atomic E-state index is 0.282. The number of ether oxygens (including phenoxy) is 2. The topological polar surface area (TPSA) is 102 Å². The first-order chi connectivity index (χ1) is 15.6. The van der Waals surface area contributed by atoms with Crippen LogP contribution in [-0.4, -0.2) is 25.7 Å². The molecule has 8 heteroatoms. The number of anilines is 2. The van der Waals surface area contributed by atoms with Gasteiger partial charge in [-0.3, -0.25) is 4.79 Å². The number of methoxy groups -OCH3 is 1. The molecule has 166 valence electrons. The van der Waals surface area contributed by atoms with E-state index in [0.717, 1.165) is 5.56 Å². The Bertz CT molecular complexity index is 1060. The predicted molar refractivity (Wildman–Crippen MR) is 123 cm³/mol. The molecule has 0 aliphatic carbocycles. The summed E-state index contributed by atoms with van der Waals surface area (Å²) in [5, 5.41) is 8.18. The summed E-state index contributed by atoms with van der Waals surface area (Å²) in [7, 11) is 1.58. The number of amides is 3. The molecule has 3 N–H and O–H groups in total. The SMILES string of the molecule is CCOc1cc(/C=C/C(=O)Nc2ccc(NC(=O)NCc3ccco3)cc2)ccc1OC. The van der Waals surface area contributed by atoms with Crippen LogP contribution in [0.3, 0.4) is 0 Å². The van der Waals surface area contributed by atoms with Crippen LogP contribution >= 0.6 is 0 Å². The first kappa shape index (κ1) is 22.5. The van der Waals surface area contributed by atoms with Crippen molar-refractivity contribution in [3.8, 4) is 11.5 Å². The van der Waals surface area contributed by atoms with Crippen LogP contribution in [0.2, 0.25) is 0 Å². The number of urea groups is 1. The number of furan rings is 1. The first-order valence-corrected chi connectivity index (χ1v) is 10.0. The Balaban J connectivity index is 1.51. The maximum atomic E-state index is 12.2. The number of benzene rings is 2. The summed E-state index contributed by atoms with van der Waals surface area (Å²) in [5.41, 5.74) is 2.01. The zero-order valence-corrected chi connectivity index (χ0v) is 17.9. The summed E-state index contributed by atoms with van der Waals surface area (Å²) in [6.45, 7) is 2.70. The van der Waals surface area contributed by atoms with Gasteiger partial charge in [-0.25, -0.2) is 4.79 Å². The maximum Gasteiger partial charge on any atom is 0.319 e. The van der Waals surface area contributed by atoms with Crippen LogP contribution in [0.4, 0.5) is 16.2 Å². The molecule has 3 aromatic rings. The van der Waals surface area contributed by atoms with E-state index in [1.54, 1.807) is 61.9 Å². The van der Waals surface area contributed by atoms with E-state index in [1.807, 2.05) is 19.1 Å². The molecular weight excluding hydrogens is 410 g/mol. The molecular formula is C24H25N3O5. The number of rotatable bonds is 9. The molecule has 32 heavy (non-hydrogen) atoms. The largest absolute Gasteiger partial charge is 0.493 e. The molecule has 0 aliphatic heterocycles. The van der Waals surface area contributed by atoms with Crippen molar-refractivity contribution >= 4 is 29.4 Å². The molecule has 3 rings (SSSR count). The highest BCUT2D eigenvalue weighted by molar-refractivity contribution is 6.02. The summed E-state index contributed by atoms with van der Waals surface area (Å²) in [4.78, 5) is 24.2. The number of hydrogen-bond acceptors (Lipinski definition) is 5. The third-order valence-electron chi connectivity index (χ3n) is 4.33. The Kier molecular flexibility index (Phi) is 7.91. The second kappa shape index (κ2) is 11.3. The van der Waals surface area contributed by atoms with Gasteiger partial charge in [0.15, 0.2) is 11.5 Å². The van der Waals surface area contributed by atoms with Gasteiger partial charge in [0.2, 0.25) is 5.91 Å². The monoisotopic (exact) mass is 435 g/mol. The summed E-state index contributed by atoms with van der Waals surface area (Å²) < 4.78 is 16.0. The van der Waals surface area contributed by atoms with Crippen molar-refractivity contribution in [1.29, 1.82) is 0 Å². The van der Waals surface area contributed by atoms with Gasteiger partial charge in [0.1, 0.15) is 5.76 Å². The van der Waals surface area contributed by atoms with Crippen molar-refractivity contribution in [2.45, 2.75) is 13.5 Å². The fraction of sp³-hybridized carbons (Fsp3) is 0.167. The van der Waals surface area contributed by atoms with E-state index in [2.05, 4.69) is 16.0 Å². The van der Waals surface area contributed by atoms with Crippen molar-refractivity contribution < 1.29 is 23.5 Å². The minimum atomic E-state index is -0.355. The van der Waals surface area contributed by atoms with Crippen LogP contribution < -0.4 is 25.4 Å². The van der Waals surface area contributed by atoms with Gasteiger partial charge in [-0.05, 0) is 67.1 Å². The van der Waals surface area contributed by atoms with Crippen molar-refractivity contribution in [2.24, 2.45) is 0 Å². The fourth-order valence-electron chi connectivity index (χ4n) is 2.81. The van der Waals surface area contributed by atoms with Crippen LogP contribution in [0.15, 0.2) is 71.4 Å². The van der Waals surface area contributed by atoms with E-state index in [4.69, 9.17) is 13.9 Å². The van der Waals surface area contributed by atoms with Gasteiger partial charge in [-0.15, -0.1) is 0 Å². The average molecular weight is 435 g/mol. The van der Waals surface area contributed by atoms with Crippen LogP contribution in [0.5, 0.6) is 11.5 Å². The molecule has 0 aliphatic rings. The molecule has 0 fully saturated rings. The lowest BCUT2D eigenvalue weighted by molar-refractivity contribution is -0.111. The van der Waals surface area contributed by atoms with Gasteiger partial charge in [0.25, 0.3) is 0 Å². The third kappa shape index (κ3) is 6.66. The van der Waals surface area contributed by atoms with Gasteiger partial charge in [-0.1, -0.05) is 6.07 Å². The van der Waals surface area contributed by atoms with E-state index in [0.29, 0.717) is 41.8 Å². The zero-order chi connectivity index (χ0) is 22.8. The van der Waals surface area contributed by atoms with Gasteiger partial charge >= 0.3 is 6.03 Å². The van der Waals surface area contributed by atoms with E-state index in [9.17, 15) is 9.59 Å². The molecule has 0 saturated carbocycles. The maximum absolute atomic E-state index is 12.2. The van der Waals surface area contributed by atoms with Crippen molar-refractivity contribution in [2.75, 3.05) is 24.4 Å². The van der Waals surface area contributed by atoms with Crippen LogP contribution in [0, 0.1) is 0 Å². The quantitative estimate of drug-likeness (QED) is 0.424. The lowest BCUT2D eigenvalue weighted by Gasteiger charge is -2.09. The molecule has 0 unspecified atom stereocenters. The molecule has 1 heterocycles. The van der Waals surface area contributed by atoms with Gasteiger partial charge < -0.3 is 29.8 Å². The van der Waals surface area contributed by atoms with Crippen molar-refractivity contribution in [3.63, 3.8) is 0 Å². The lowest BCUT2D eigenvalue weighted by Crippen LogP contribution is -2.27. The normalized spacial score (nSPS) is 10.6. The van der Waals surface area contributed by atoms with Crippen molar-refractivity contribution in [1.82, 2.24) is 5.32 Å². The average Bonchev–Trinajstić information content (AvgIpc) is 3.32. The van der Waals surface area contributed by atoms with Crippen LogP contribution in [0.25, 0.3) is 6.08 Å². The summed E-state index contributed by atoms with van der Waals surface area (Å²) in [6, 6.07) is 15.4. The standard InChI is InChI=1S/C24H25N3O5/c1-3-31-22-15-17(6-12-21(22)30-2)7-13-23(28)26-18-8-10-19(11-9-18)27-24(29)25-16-20-5-4-14-32-20/h4-15H,3,16H2,1-2H3,(H,26,28)(H2,25,27,29)/b13-7+. The highest BCUT2D eigenvalue weighted by Gasteiger charge is 2.06. The lowest BCUT2D eigenvalue weighted by atomic mass is 10.2. The number of nitrogens with one attached hydrogen (secondary N) is 3. The smallest absolute Gasteiger partial charge is 0.319 e. The molecule has 1 aromatic heterocycles. The zero-order valence-electron chi connectivity index (χ0n) is 17.9. The van der Waals surface area contributed by atoms with E-state index < -0.39 is 0 Å². The molecule has 3 amide bonds. The van der Waals surface area contributed by atoms with Crippen molar-refractivity contribution in [3.05, 3.63) is 78.3 Å². The number of carbonyl (C=O) groups excluding carboxylic acids is 2. The third-order valence-corrected chi connectivity index (χ3v) is 4.33. The second-order valence-corrected chi connectivity index (χ2v) is 6.63. The highest BCUT2D eigenvalue weighted by Crippen LogP contribution is 2.28. The van der Waals surface area contributed by atoms with E-state index in [-0.39, 0.29) is 11.9 Å². The van der Waals surface area contributed by atoms with E-state index in [1.165, 1.54) is 6.08 Å². The Labute approximate surface area is 186 Å². The Morgan fingerprint density at radius 1 is 1.00 bits per heavy atom. The Hall–Kier alpha value is -4.20. The first-order valence-electron chi connectivity index (χ1n) is 10.0. The van der Waals surface area contributed by atoms with Gasteiger partial charge in [-0.2, -0.15) is 0 Å². The van der Waals surface area contributed by atoms with E-state index >= 15 is 0 Å². The molecule has 2 aromatic carbocycles. The molecule has 0 saturated heterocycles. The Morgan fingerprint density at radius 2 is 1.75 bits per heavy atom. The summed E-state index contributed by atoms with van der Waals surface area (Å²) >= 11 is 0. The number of carbonyl (C=O) groups is 2. The fourth-order valence-corrected chi connectivity index (χ4v) is 2.81. The second-order valence-electron chi connectivity index (χ2n) is 6.63. The number of hydrogen-bond donors (Lipinski definition) is 3. The molecule has 0 atom stereocenters. The molecule has 0 spiro atoms. The highest BCUT2D eigenvalue weighted by atomic mass is 16.5. The minimum Gasteiger partial charge on any atom is -0.493 e. The molecule has 8 nitrogen and oxygen atoms in total. The van der Waals surface area contributed by atoms with Gasteiger partial charge in [0.05, 0.1) is 26.5 Å². The molecule has 0 radical (unpaired) electrons. The van der Waals surface area contributed by atoms with Gasteiger partial charge in [0, 0.05) is 17.5 Å². The summed E-state index contributed by atoms with van der Waals surface area (Å²) in [5.74, 6) is 1.64. The molecule has 0 bridgehead atoms. The van der Waals surface area contributed by atoms with Crippen LogP contribution in [-0.2, 0) is 11.3 Å². The summed E-state index contributed by atoms with van der Waals surface area (Å²) in [6.07, 6.45) is 4.68. The predicted octanol–water partition coefficient (Wildman–Crippen LogP) is 4.66. The van der Waals surface area contributed by atoms with Crippen LogP contribution in [0.1, 0.15) is 18.2 Å².